The fourth-order valence-electron chi connectivity index (χ4n) is 2.17. The van der Waals surface area contributed by atoms with E-state index in [0.29, 0.717) is 6.54 Å². The lowest BCUT2D eigenvalue weighted by molar-refractivity contribution is 0.0704. The molecule has 108 valence electrons. The highest BCUT2D eigenvalue weighted by molar-refractivity contribution is 7.87. The van der Waals surface area contributed by atoms with Crippen LogP contribution in [0.3, 0.4) is 0 Å². The quantitative estimate of drug-likeness (QED) is 0.730. The molecule has 1 rings (SSSR count). The highest BCUT2D eigenvalue weighted by Crippen LogP contribution is 2.26. The number of nitrogens with one attached hydrogen (secondary N) is 1. The molecule has 1 aliphatic rings. The van der Waals surface area contributed by atoms with Gasteiger partial charge >= 0.3 is 0 Å². The molecule has 0 amide bonds. The van der Waals surface area contributed by atoms with E-state index in [0.717, 1.165) is 25.9 Å². The number of likely N-dealkylation sites (tertiary alicyclic amines) is 1. The third-order valence-electron chi connectivity index (χ3n) is 3.93. The fraction of sp³-hybridized carbons (Fsp3) is 1.00. The van der Waals surface area contributed by atoms with Gasteiger partial charge in [0, 0.05) is 26.2 Å². The molecule has 18 heavy (non-hydrogen) atoms. The van der Waals surface area contributed by atoms with Crippen LogP contribution in [0.25, 0.3) is 0 Å². The lowest BCUT2D eigenvalue weighted by Crippen LogP contribution is -2.58. The molecule has 1 saturated heterocycles. The van der Waals surface area contributed by atoms with Crippen molar-refractivity contribution in [2.45, 2.75) is 18.4 Å². The van der Waals surface area contributed by atoms with Crippen molar-refractivity contribution in [1.82, 2.24) is 18.8 Å². The van der Waals surface area contributed by atoms with Crippen LogP contribution in [0.5, 0.6) is 0 Å². The number of rotatable bonds is 5. The Balaban J connectivity index is 2.71. The molecule has 0 spiro atoms. The van der Waals surface area contributed by atoms with Crippen LogP contribution in [0.1, 0.15) is 12.8 Å². The van der Waals surface area contributed by atoms with E-state index in [-0.39, 0.29) is 5.54 Å². The first kappa shape index (κ1) is 15.8. The second-order valence-electron chi connectivity index (χ2n) is 5.53. The molecule has 0 saturated carbocycles. The number of nitrogens with zero attached hydrogens (tertiary/aromatic N) is 3. The molecule has 0 bridgehead atoms. The van der Waals surface area contributed by atoms with Crippen molar-refractivity contribution in [3.05, 3.63) is 0 Å². The number of hydrogen-bond donors (Lipinski definition) is 1. The van der Waals surface area contributed by atoms with Crippen LogP contribution < -0.4 is 4.72 Å². The summed E-state index contributed by atoms with van der Waals surface area (Å²) < 4.78 is 27.5. The van der Waals surface area contributed by atoms with E-state index in [2.05, 4.69) is 21.6 Å². The molecule has 6 nitrogen and oxygen atoms in total. The number of hydrogen-bond acceptors (Lipinski definition) is 4. The van der Waals surface area contributed by atoms with E-state index < -0.39 is 10.2 Å². The standard InChI is InChI=1S/C11H26N4O2S/c1-13(2)11(6-8-15(5)9-7-11)10-12-18(16,17)14(3)4/h12H,6-10H2,1-5H3. The topological polar surface area (TPSA) is 55.9 Å². The summed E-state index contributed by atoms with van der Waals surface area (Å²) in [4.78, 5) is 4.43. The van der Waals surface area contributed by atoms with Gasteiger partial charge in [-0.15, -0.1) is 0 Å². The van der Waals surface area contributed by atoms with Gasteiger partial charge in [0.1, 0.15) is 0 Å². The summed E-state index contributed by atoms with van der Waals surface area (Å²) in [5, 5.41) is 0. The van der Waals surface area contributed by atoms with Gasteiger partial charge in [-0.05, 0) is 47.1 Å². The predicted molar refractivity (Wildman–Crippen MR) is 73.8 cm³/mol. The van der Waals surface area contributed by atoms with Gasteiger partial charge in [-0.2, -0.15) is 12.7 Å². The van der Waals surface area contributed by atoms with E-state index in [4.69, 9.17) is 0 Å². The van der Waals surface area contributed by atoms with Crippen LogP contribution in [-0.2, 0) is 10.2 Å². The van der Waals surface area contributed by atoms with E-state index in [1.54, 1.807) is 14.1 Å². The molecule has 1 N–H and O–H groups in total. The zero-order chi connectivity index (χ0) is 14.0. The average molecular weight is 278 g/mol. The summed E-state index contributed by atoms with van der Waals surface area (Å²) in [7, 11) is 5.89. The zero-order valence-electron chi connectivity index (χ0n) is 12.1. The molecule has 0 unspecified atom stereocenters. The monoisotopic (exact) mass is 278 g/mol. The molecule has 1 fully saturated rings. The highest BCUT2D eigenvalue weighted by atomic mass is 32.2. The van der Waals surface area contributed by atoms with Crippen LogP contribution in [0.4, 0.5) is 0 Å². The van der Waals surface area contributed by atoms with Crippen molar-refractivity contribution in [3.63, 3.8) is 0 Å². The summed E-state index contributed by atoms with van der Waals surface area (Å²) >= 11 is 0. The Morgan fingerprint density at radius 3 is 2.06 bits per heavy atom. The van der Waals surface area contributed by atoms with Gasteiger partial charge in [-0.3, -0.25) is 0 Å². The van der Waals surface area contributed by atoms with E-state index >= 15 is 0 Å². The molecule has 0 radical (unpaired) electrons. The van der Waals surface area contributed by atoms with E-state index in [9.17, 15) is 8.42 Å². The minimum atomic E-state index is -3.34. The van der Waals surface area contributed by atoms with Crippen molar-refractivity contribution in [1.29, 1.82) is 0 Å². The molecule has 0 aromatic carbocycles. The maximum absolute atomic E-state index is 11.8. The molecule has 1 heterocycles. The Morgan fingerprint density at radius 1 is 1.17 bits per heavy atom. The molecule has 0 aliphatic carbocycles. The van der Waals surface area contributed by atoms with Crippen molar-refractivity contribution in [3.8, 4) is 0 Å². The second-order valence-corrected chi connectivity index (χ2v) is 7.50. The molecular formula is C11H26N4O2S. The van der Waals surface area contributed by atoms with Crippen molar-refractivity contribution in [2.75, 3.05) is 54.9 Å². The van der Waals surface area contributed by atoms with Crippen LogP contribution in [-0.4, -0.2) is 82.9 Å². The number of piperidine rings is 1. The van der Waals surface area contributed by atoms with Gasteiger partial charge in [0.15, 0.2) is 0 Å². The summed E-state index contributed by atoms with van der Waals surface area (Å²) in [5.74, 6) is 0. The smallest absolute Gasteiger partial charge is 0.278 e. The normalized spacial score (nSPS) is 21.7. The average Bonchev–Trinajstić information content (AvgIpc) is 2.28. The van der Waals surface area contributed by atoms with E-state index in [1.807, 2.05) is 14.1 Å². The highest BCUT2D eigenvalue weighted by Gasteiger charge is 2.36. The van der Waals surface area contributed by atoms with Crippen molar-refractivity contribution < 1.29 is 8.42 Å². The van der Waals surface area contributed by atoms with Gasteiger partial charge in [0.25, 0.3) is 10.2 Å². The minimum absolute atomic E-state index is 0.0738. The fourth-order valence-corrected chi connectivity index (χ4v) is 2.88. The van der Waals surface area contributed by atoms with Gasteiger partial charge in [-0.1, -0.05) is 0 Å². The third kappa shape index (κ3) is 3.64. The summed E-state index contributed by atoms with van der Waals surface area (Å²) in [6.07, 6.45) is 1.96. The Labute approximate surface area is 111 Å². The maximum Gasteiger partial charge on any atom is 0.278 e. The van der Waals surface area contributed by atoms with Gasteiger partial charge in [0.2, 0.25) is 0 Å². The van der Waals surface area contributed by atoms with Crippen LogP contribution >= 0.6 is 0 Å². The Kier molecular flexibility index (Phi) is 5.13. The largest absolute Gasteiger partial charge is 0.306 e. The first-order chi connectivity index (χ1) is 8.19. The Morgan fingerprint density at radius 2 is 1.67 bits per heavy atom. The first-order valence-electron chi connectivity index (χ1n) is 6.23. The van der Waals surface area contributed by atoms with Crippen molar-refractivity contribution in [2.24, 2.45) is 0 Å². The molecule has 0 aromatic heterocycles. The second kappa shape index (κ2) is 5.83. The molecular weight excluding hydrogens is 252 g/mol. The Bertz CT molecular complexity index is 359. The first-order valence-corrected chi connectivity index (χ1v) is 7.67. The van der Waals surface area contributed by atoms with Gasteiger partial charge in [0.05, 0.1) is 0 Å². The Hall–Kier alpha value is -0.210. The predicted octanol–water partition coefficient (Wildman–Crippen LogP) is -0.592. The summed E-state index contributed by atoms with van der Waals surface area (Å²) in [6, 6.07) is 0. The summed E-state index contributed by atoms with van der Waals surface area (Å²) in [6.45, 7) is 2.47. The lowest BCUT2D eigenvalue weighted by atomic mass is 9.86. The SMILES string of the molecule is CN1CCC(CNS(=O)(=O)N(C)C)(N(C)C)CC1. The van der Waals surface area contributed by atoms with Crippen molar-refractivity contribution >= 4 is 10.2 Å². The van der Waals surface area contributed by atoms with Crippen LogP contribution in [0.2, 0.25) is 0 Å². The molecule has 7 heteroatoms. The third-order valence-corrected chi connectivity index (χ3v) is 5.40. The van der Waals surface area contributed by atoms with E-state index in [1.165, 1.54) is 4.31 Å². The van der Waals surface area contributed by atoms with Gasteiger partial charge < -0.3 is 9.80 Å². The zero-order valence-corrected chi connectivity index (χ0v) is 12.9. The summed E-state index contributed by atoms with van der Waals surface area (Å²) in [5.41, 5.74) is -0.0738. The lowest BCUT2D eigenvalue weighted by Gasteiger charge is -2.45. The molecule has 0 atom stereocenters. The van der Waals surface area contributed by atoms with Crippen LogP contribution in [0.15, 0.2) is 0 Å². The minimum Gasteiger partial charge on any atom is -0.306 e. The maximum atomic E-state index is 11.8. The molecule has 0 aromatic rings. The molecule has 1 aliphatic heterocycles. The van der Waals surface area contributed by atoms with Gasteiger partial charge in [-0.25, -0.2) is 4.72 Å². The van der Waals surface area contributed by atoms with Crippen LogP contribution in [0, 0.1) is 0 Å². The number of likely N-dealkylation sites (N-methyl/N-ethyl adjacent to an activating group) is 1.